The molecular weight excluding hydrogens is 332 g/mol. The molecule has 0 saturated heterocycles. The summed E-state index contributed by atoms with van der Waals surface area (Å²) in [6.45, 7) is 0. The van der Waals surface area contributed by atoms with Gasteiger partial charge < -0.3 is 10.3 Å². The van der Waals surface area contributed by atoms with E-state index in [4.69, 9.17) is 5.73 Å². The maximum absolute atomic E-state index is 13.6. The molecule has 3 rings (SSSR count). The molecule has 1 saturated carbocycles. The van der Waals surface area contributed by atoms with E-state index < -0.39 is 0 Å². The van der Waals surface area contributed by atoms with E-state index in [0.29, 0.717) is 15.6 Å². The smallest absolute Gasteiger partial charge is 0.201 e. The van der Waals surface area contributed by atoms with Crippen molar-refractivity contribution in [3.63, 3.8) is 0 Å². The first-order valence-electron chi connectivity index (χ1n) is 5.79. The van der Waals surface area contributed by atoms with Crippen molar-refractivity contribution in [2.24, 2.45) is 0 Å². The zero-order chi connectivity index (χ0) is 12.0. The van der Waals surface area contributed by atoms with Gasteiger partial charge >= 0.3 is 0 Å². The number of rotatable bonds is 1. The van der Waals surface area contributed by atoms with Crippen LogP contribution in [0.5, 0.6) is 0 Å². The van der Waals surface area contributed by atoms with Crippen LogP contribution in [0.3, 0.4) is 0 Å². The van der Waals surface area contributed by atoms with Gasteiger partial charge in [-0.05, 0) is 41.5 Å². The van der Waals surface area contributed by atoms with Crippen molar-refractivity contribution in [2.45, 2.75) is 31.7 Å². The summed E-state index contributed by atoms with van der Waals surface area (Å²) in [4.78, 5) is 4.33. The fourth-order valence-corrected chi connectivity index (χ4v) is 3.11. The number of halogens is 2. The second kappa shape index (κ2) is 4.12. The number of anilines is 1. The lowest BCUT2D eigenvalue weighted by atomic mass is 10.2. The molecule has 0 aliphatic heterocycles. The fourth-order valence-electron chi connectivity index (χ4n) is 2.66. The van der Waals surface area contributed by atoms with Gasteiger partial charge in [-0.25, -0.2) is 9.37 Å². The Kier molecular flexibility index (Phi) is 2.72. The van der Waals surface area contributed by atoms with E-state index in [2.05, 4.69) is 4.98 Å². The predicted molar refractivity (Wildman–Crippen MR) is 74.3 cm³/mol. The van der Waals surface area contributed by atoms with Gasteiger partial charge in [-0.2, -0.15) is 0 Å². The van der Waals surface area contributed by atoms with Crippen LogP contribution < -0.4 is 5.73 Å². The molecule has 1 heterocycles. The summed E-state index contributed by atoms with van der Waals surface area (Å²) >= 11 is 1.98. The number of benzene rings is 1. The Hall–Kier alpha value is -0.850. The molecule has 3 nitrogen and oxygen atoms in total. The third kappa shape index (κ3) is 1.80. The third-order valence-corrected chi connectivity index (χ3v) is 4.28. The van der Waals surface area contributed by atoms with Crippen LogP contribution in [0.4, 0.5) is 10.3 Å². The van der Waals surface area contributed by atoms with E-state index in [1.54, 1.807) is 12.1 Å². The second-order valence-corrected chi connectivity index (χ2v) is 5.70. The van der Waals surface area contributed by atoms with Crippen LogP contribution in [0.25, 0.3) is 11.0 Å². The molecule has 0 bridgehead atoms. The topological polar surface area (TPSA) is 43.8 Å². The number of nitrogen functional groups attached to an aromatic ring is 1. The minimum absolute atomic E-state index is 0.197. The van der Waals surface area contributed by atoms with Crippen LogP contribution in [-0.2, 0) is 0 Å². The van der Waals surface area contributed by atoms with Crippen LogP contribution >= 0.6 is 22.6 Å². The first-order valence-corrected chi connectivity index (χ1v) is 6.87. The van der Waals surface area contributed by atoms with Gasteiger partial charge in [-0.3, -0.25) is 0 Å². The van der Waals surface area contributed by atoms with E-state index in [-0.39, 0.29) is 5.82 Å². The molecule has 0 amide bonds. The summed E-state index contributed by atoms with van der Waals surface area (Å²) in [5.41, 5.74) is 7.58. The molecule has 0 radical (unpaired) electrons. The SMILES string of the molecule is Nc1nc2cc(I)c(F)cc2n1C1CCCC1. The van der Waals surface area contributed by atoms with Crippen molar-refractivity contribution < 1.29 is 4.39 Å². The van der Waals surface area contributed by atoms with Gasteiger partial charge in [0.25, 0.3) is 0 Å². The summed E-state index contributed by atoms with van der Waals surface area (Å²) in [6, 6.07) is 3.70. The average molecular weight is 345 g/mol. The number of aromatic nitrogens is 2. The molecule has 1 aromatic heterocycles. The summed E-state index contributed by atoms with van der Waals surface area (Å²) in [5.74, 6) is 0.311. The van der Waals surface area contributed by atoms with E-state index in [9.17, 15) is 4.39 Å². The number of hydrogen-bond acceptors (Lipinski definition) is 2. The molecule has 1 aliphatic rings. The lowest BCUT2D eigenvalue weighted by Gasteiger charge is -2.14. The van der Waals surface area contributed by atoms with Gasteiger partial charge in [0.05, 0.1) is 14.6 Å². The molecule has 0 unspecified atom stereocenters. The largest absolute Gasteiger partial charge is 0.369 e. The molecule has 0 spiro atoms. The minimum atomic E-state index is -0.197. The highest BCUT2D eigenvalue weighted by molar-refractivity contribution is 14.1. The standard InChI is InChI=1S/C12H13FIN3/c13-8-5-11-10(6-9(8)14)16-12(15)17(11)7-3-1-2-4-7/h5-7H,1-4H2,(H2,15,16). The van der Waals surface area contributed by atoms with Crippen molar-refractivity contribution in [3.05, 3.63) is 21.5 Å². The first-order chi connectivity index (χ1) is 8.16. The van der Waals surface area contributed by atoms with E-state index in [1.165, 1.54) is 12.8 Å². The summed E-state index contributed by atoms with van der Waals surface area (Å²) in [6.07, 6.45) is 4.67. The van der Waals surface area contributed by atoms with Gasteiger partial charge in [0.15, 0.2) is 0 Å². The average Bonchev–Trinajstić information content (AvgIpc) is 2.86. The van der Waals surface area contributed by atoms with Crippen LogP contribution in [0.2, 0.25) is 0 Å². The van der Waals surface area contributed by atoms with Gasteiger partial charge in [0.2, 0.25) is 5.95 Å². The molecular formula is C12H13FIN3. The van der Waals surface area contributed by atoms with Crippen LogP contribution in [0.15, 0.2) is 12.1 Å². The summed E-state index contributed by atoms with van der Waals surface area (Å²) in [5, 5.41) is 0. The fraction of sp³-hybridized carbons (Fsp3) is 0.417. The zero-order valence-corrected chi connectivity index (χ0v) is 11.4. The van der Waals surface area contributed by atoms with E-state index >= 15 is 0 Å². The first kappa shape index (κ1) is 11.3. The Bertz CT molecular complexity index is 573. The van der Waals surface area contributed by atoms with Crippen LogP contribution in [-0.4, -0.2) is 9.55 Å². The maximum Gasteiger partial charge on any atom is 0.201 e. The van der Waals surface area contributed by atoms with Gasteiger partial charge in [-0.1, -0.05) is 12.8 Å². The minimum Gasteiger partial charge on any atom is -0.369 e. The Morgan fingerprint density at radius 2 is 2.06 bits per heavy atom. The molecule has 2 N–H and O–H groups in total. The molecule has 1 aliphatic carbocycles. The number of nitrogens with zero attached hydrogens (tertiary/aromatic N) is 2. The summed E-state index contributed by atoms with van der Waals surface area (Å²) in [7, 11) is 0. The predicted octanol–water partition coefficient (Wildman–Crippen LogP) is 3.48. The van der Waals surface area contributed by atoms with Crippen LogP contribution in [0.1, 0.15) is 31.7 Å². The Morgan fingerprint density at radius 1 is 1.35 bits per heavy atom. The van der Waals surface area contributed by atoms with E-state index in [1.807, 2.05) is 27.2 Å². The molecule has 1 aromatic carbocycles. The Morgan fingerprint density at radius 3 is 2.76 bits per heavy atom. The van der Waals surface area contributed by atoms with E-state index in [0.717, 1.165) is 23.9 Å². The third-order valence-electron chi connectivity index (χ3n) is 3.45. The molecule has 5 heteroatoms. The summed E-state index contributed by atoms with van der Waals surface area (Å²) < 4.78 is 16.2. The van der Waals surface area contributed by atoms with Crippen molar-refractivity contribution in [3.8, 4) is 0 Å². The number of nitrogens with two attached hydrogens (primary N) is 1. The monoisotopic (exact) mass is 345 g/mol. The molecule has 2 aromatic rings. The van der Waals surface area contributed by atoms with Crippen molar-refractivity contribution >= 4 is 39.6 Å². The lowest BCUT2D eigenvalue weighted by molar-refractivity contribution is 0.538. The number of fused-ring (bicyclic) bond motifs is 1. The number of imidazole rings is 1. The molecule has 1 fully saturated rings. The molecule has 90 valence electrons. The highest BCUT2D eigenvalue weighted by atomic mass is 127. The Labute approximate surface area is 112 Å². The van der Waals surface area contributed by atoms with Crippen LogP contribution in [0, 0.1) is 9.39 Å². The highest BCUT2D eigenvalue weighted by Crippen LogP contribution is 2.35. The van der Waals surface area contributed by atoms with Crippen molar-refractivity contribution in [2.75, 3.05) is 5.73 Å². The van der Waals surface area contributed by atoms with Gasteiger partial charge in [-0.15, -0.1) is 0 Å². The maximum atomic E-state index is 13.6. The number of hydrogen-bond donors (Lipinski definition) is 1. The van der Waals surface area contributed by atoms with Gasteiger partial charge in [0.1, 0.15) is 5.82 Å². The highest BCUT2D eigenvalue weighted by Gasteiger charge is 2.22. The molecule has 0 atom stereocenters. The Balaban J connectivity index is 2.22. The second-order valence-electron chi connectivity index (χ2n) is 4.53. The quantitative estimate of drug-likeness (QED) is 0.805. The zero-order valence-electron chi connectivity index (χ0n) is 9.29. The van der Waals surface area contributed by atoms with Gasteiger partial charge in [0, 0.05) is 12.1 Å². The lowest BCUT2D eigenvalue weighted by Crippen LogP contribution is -2.08. The van der Waals surface area contributed by atoms with Crippen molar-refractivity contribution in [1.82, 2.24) is 9.55 Å². The van der Waals surface area contributed by atoms with Crippen molar-refractivity contribution in [1.29, 1.82) is 0 Å². The molecule has 17 heavy (non-hydrogen) atoms. The normalized spacial score (nSPS) is 17.1.